The Morgan fingerprint density at radius 3 is 2.53 bits per heavy atom. The fourth-order valence-corrected chi connectivity index (χ4v) is 3.58. The van der Waals surface area contributed by atoms with E-state index in [1.54, 1.807) is 0 Å². The SMILES string of the molecule is CCC(C)C(NC(=O)c1cccc(F)c1)C(=O)Nc1nnc(-c2ccc(C)cc2)s1. The molecule has 1 heterocycles. The van der Waals surface area contributed by atoms with Gasteiger partial charge in [0.1, 0.15) is 16.9 Å². The number of aryl methyl sites for hydroxylation is 1. The molecule has 0 spiro atoms. The number of anilines is 1. The van der Waals surface area contributed by atoms with Gasteiger partial charge in [0, 0.05) is 11.1 Å². The van der Waals surface area contributed by atoms with Crippen molar-refractivity contribution in [3.63, 3.8) is 0 Å². The minimum absolute atomic E-state index is 0.132. The second-order valence-corrected chi connectivity index (χ2v) is 8.09. The van der Waals surface area contributed by atoms with E-state index in [1.807, 2.05) is 45.0 Å². The summed E-state index contributed by atoms with van der Waals surface area (Å²) in [5.74, 6) is -1.54. The summed E-state index contributed by atoms with van der Waals surface area (Å²) in [6, 6.07) is 12.4. The maximum Gasteiger partial charge on any atom is 0.252 e. The van der Waals surface area contributed by atoms with E-state index in [1.165, 1.54) is 29.5 Å². The van der Waals surface area contributed by atoms with Gasteiger partial charge in [-0.15, -0.1) is 10.2 Å². The van der Waals surface area contributed by atoms with Crippen LogP contribution < -0.4 is 10.6 Å². The van der Waals surface area contributed by atoms with Gasteiger partial charge in [-0.1, -0.05) is 67.5 Å². The number of hydrogen-bond acceptors (Lipinski definition) is 5. The Balaban J connectivity index is 1.73. The molecule has 3 rings (SSSR count). The predicted molar refractivity (Wildman–Crippen MR) is 116 cm³/mol. The number of carbonyl (C=O) groups excluding carboxylic acids is 2. The highest BCUT2D eigenvalue weighted by Crippen LogP contribution is 2.27. The van der Waals surface area contributed by atoms with Crippen LogP contribution in [0, 0.1) is 18.7 Å². The molecule has 0 saturated carbocycles. The van der Waals surface area contributed by atoms with E-state index in [0.717, 1.165) is 17.2 Å². The maximum atomic E-state index is 13.4. The summed E-state index contributed by atoms with van der Waals surface area (Å²) in [6.07, 6.45) is 0.673. The number of rotatable bonds is 7. The van der Waals surface area contributed by atoms with Crippen molar-refractivity contribution < 1.29 is 14.0 Å². The zero-order valence-electron chi connectivity index (χ0n) is 17.0. The predicted octanol–water partition coefficient (Wildman–Crippen LogP) is 4.44. The number of halogens is 1. The van der Waals surface area contributed by atoms with Gasteiger partial charge in [-0.3, -0.25) is 14.9 Å². The first-order valence-corrected chi connectivity index (χ1v) is 10.5. The molecule has 2 atom stereocenters. The number of carbonyl (C=O) groups is 2. The lowest BCUT2D eigenvalue weighted by Crippen LogP contribution is -2.47. The van der Waals surface area contributed by atoms with Crippen LogP contribution in [0.4, 0.5) is 9.52 Å². The molecular formula is C22H23FN4O2S. The molecule has 0 aliphatic rings. The molecule has 6 nitrogen and oxygen atoms in total. The highest BCUT2D eigenvalue weighted by atomic mass is 32.1. The van der Waals surface area contributed by atoms with Crippen LogP contribution in [0.2, 0.25) is 0 Å². The van der Waals surface area contributed by atoms with Crippen LogP contribution in [-0.4, -0.2) is 28.1 Å². The highest BCUT2D eigenvalue weighted by molar-refractivity contribution is 7.18. The summed E-state index contributed by atoms with van der Waals surface area (Å²) in [4.78, 5) is 25.4. The summed E-state index contributed by atoms with van der Waals surface area (Å²) in [5, 5.41) is 14.7. The average Bonchev–Trinajstić information content (AvgIpc) is 3.20. The van der Waals surface area contributed by atoms with Gasteiger partial charge in [-0.25, -0.2) is 4.39 Å². The summed E-state index contributed by atoms with van der Waals surface area (Å²) in [6.45, 7) is 5.80. The van der Waals surface area contributed by atoms with Gasteiger partial charge in [0.25, 0.3) is 5.91 Å². The monoisotopic (exact) mass is 426 g/mol. The van der Waals surface area contributed by atoms with Gasteiger partial charge in [0.2, 0.25) is 11.0 Å². The molecule has 2 amide bonds. The van der Waals surface area contributed by atoms with E-state index in [-0.39, 0.29) is 17.4 Å². The molecular weight excluding hydrogens is 403 g/mol. The third kappa shape index (κ3) is 5.27. The zero-order valence-corrected chi connectivity index (χ0v) is 17.8. The van der Waals surface area contributed by atoms with Gasteiger partial charge in [0.05, 0.1) is 0 Å². The van der Waals surface area contributed by atoms with Gasteiger partial charge < -0.3 is 5.32 Å². The first-order chi connectivity index (χ1) is 14.4. The van der Waals surface area contributed by atoms with Gasteiger partial charge in [-0.05, 0) is 31.0 Å². The van der Waals surface area contributed by atoms with Crippen molar-refractivity contribution in [2.24, 2.45) is 5.92 Å². The average molecular weight is 427 g/mol. The third-order valence-electron chi connectivity index (χ3n) is 4.82. The lowest BCUT2D eigenvalue weighted by atomic mass is 9.98. The lowest BCUT2D eigenvalue weighted by Gasteiger charge is -2.23. The molecule has 0 bridgehead atoms. The van der Waals surface area contributed by atoms with Crippen LogP contribution in [0.15, 0.2) is 48.5 Å². The zero-order chi connectivity index (χ0) is 21.7. The van der Waals surface area contributed by atoms with E-state index in [0.29, 0.717) is 16.6 Å². The molecule has 2 unspecified atom stereocenters. The maximum absolute atomic E-state index is 13.4. The Kier molecular flexibility index (Phi) is 6.89. The summed E-state index contributed by atoms with van der Waals surface area (Å²) < 4.78 is 13.4. The summed E-state index contributed by atoms with van der Waals surface area (Å²) >= 11 is 1.26. The van der Waals surface area contributed by atoms with Crippen LogP contribution in [0.25, 0.3) is 10.6 Å². The van der Waals surface area contributed by atoms with Gasteiger partial charge in [-0.2, -0.15) is 0 Å². The Morgan fingerprint density at radius 1 is 1.13 bits per heavy atom. The molecule has 1 aromatic heterocycles. The number of nitrogens with zero attached hydrogens (tertiary/aromatic N) is 2. The second-order valence-electron chi connectivity index (χ2n) is 7.11. The van der Waals surface area contributed by atoms with Gasteiger partial charge in [0.15, 0.2) is 0 Å². The van der Waals surface area contributed by atoms with E-state index in [2.05, 4.69) is 20.8 Å². The highest BCUT2D eigenvalue weighted by Gasteiger charge is 2.27. The molecule has 30 heavy (non-hydrogen) atoms. The van der Waals surface area contributed by atoms with E-state index >= 15 is 0 Å². The minimum Gasteiger partial charge on any atom is -0.340 e. The third-order valence-corrected chi connectivity index (χ3v) is 5.71. The van der Waals surface area contributed by atoms with Crippen molar-refractivity contribution in [2.45, 2.75) is 33.2 Å². The molecule has 0 saturated heterocycles. The first kappa shape index (κ1) is 21.6. The second kappa shape index (κ2) is 9.58. The number of benzene rings is 2. The van der Waals surface area contributed by atoms with E-state index in [4.69, 9.17) is 0 Å². The first-order valence-electron chi connectivity index (χ1n) is 9.65. The fraction of sp³-hybridized carbons (Fsp3) is 0.273. The molecule has 8 heteroatoms. The normalized spacial score (nSPS) is 12.8. The van der Waals surface area contributed by atoms with Crippen LogP contribution in [-0.2, 0) is 4.79 Å². The van der Waals surface area contributed by atoms with Crippen molar-refractivity contribution in [1.82, 2.24) is 15.5 Å². The quantitative estimate of drug-likeness (QED) is 0.585. The van der Waals surface area contributed by atoms with Crippen LogP contribution >= 0.6 is 11.3 Å². The van der Waals surface area contributed by atoms with Crippen molar-refractivity contribution in [3.8, 4) is 10.6 Å². The van der Waals surface area contributed by atoms with Crippen molar-refractivity contribution in [2.75, 3.05) is 5.32 Å². The lowest BCUT2D eigenvalue weighted by molar-refractivity contribution is -0.119. The number of hydrogen-bond donors (Lipinski definition) is 2. The molecule has 0 radical (unpaired) electrons. The molecule has 156 valence electrons. The van der Waals surface area contributed by atoms with Crippen LogP contribution in [0.1, 0.15) is 36.2 Å². The molecule has 0 aliphatic heterocycles. The molecule has 0 aliphatic carbocycles. The Labute approximate surface area is 178 Å². The number of amides is 2. The fourth-order valence-electron chi connectivity index (χ4n) is 2.83. The standard InChI is InChI=1S/C22H23FN4O2S/c1-4-14(3)18(24-19(28)16-6-5-7-17(23)12-16)20(29)25-22-27-26-21(30-22)15-10-8-13(2)9-11-15/h5-12,14,18H,4H2,1-3H3,(H,24,28)(H,25,27,29). The topological polar surface area (TPSA) is 84.0 Å². The summed E-state index contributed by atoms with van der Waals surface area (Å²) in [7, 11) is 0. The number of nitrogens with one attached hydrogen (secondary N) is 2. The Hall–Kier alpha value is -3.13. The molecule has 2 N–H and O–H groups in total. The van der Waals surface area contributed by atoms with E-state index in [9.17, 15) is 14.0 Å². The van der Waals surface area contributed by atoms with Crippen LogP contribution in [0.5, 0.6) is 0 Å². The molecule has 3 aromatic rings. The van der Waals surface area contributed by atoms with E-state index < -0.39 is 17.8 Å². The summed E-state index contributed by atoms with van der Waals surface area (Å²) in [5.41, 5.74) is 2.22. The molecule has 2 aromatic carbocycles. The largest absolute Gasteiger partial charge is 0.340 e. The van der Waals surface area contributed by atoms with Crippen LogP contribution in [0.3, 0.4) is 0 Å². The molecule has 0 fully saturated rings. The van der Waals surface area contributed by atoms with Crippen molar-refractivity contribution >= 4 is 28.3 Å². The van der Waals surface area contributed by atoms with Crippen molar-refractivity contribution in [3.05, 3.63) is 65.5 Å². The Morgan fingerprint density at radius 2 is 1.87 bits per heavy atom. The smallest absolute Gasteiger partial charge is 0.252 e. The van der Waals surface area contributed by atoms with Crippen molar-refractivity contribution in [1.29, 1.82) is 0 Å². The minimum atomic E-state index is -0.794. The Bertz CT molecular complexity index is 1040. The van der Waals surface area contributed by atoms with Gasteiger partial charge >= 0.3 is 0 Å². The number of aromatic nitrogens is 2.